The van der Waals surface area contributed by atoms with Crippen LogP contribution in [0.4, 0.5) is 0 Å². The lowest BCUT2D eigenvalue weighted by Crippen LogP contribution is -2.11. The highest BCUT2D eigenvalue weighted by Gasteiger charge is 2.13. The molecule has 0 fully saturated rings. The molecule has 0 aliphatic carbocycles. The van der Waals surface area contributed by atoms with Crippen molar-refractivity contribution in [2.24, 2.45) is 5.10 Å². The molecule has 0 unspecified atom stereocenters. The molecule has 0 bridgehead atoms. The Morgan fingerprint density at radius 2 is 1.96 bits per heavy atom. The van der Waals surface area contributed by atoms with Gasteiger partial charge in [0.2, 0.25) is 0 Å². The summed E-state index contributed by atoms with van der Waals surface area (Å²) < 4.78 is 10.7. The SMILES string of the molecule is CCOc1cc(/C=N\NCc2ccc(Cl)cc2)cc(Cl)c1OCC(=O)O. The average Bonchev–Trinajstić information content (AvgIpc) is 2.59. The fraction of sp³-hybridized carbons (Fsp3) is 0.222. The molecule has 0 aliphatic heterocycles. The smallest absolute Gasteiger partial charge is 0.341 e. The molecule has 26 heavy (non-hydrogen) atoms. The van der Waals surface area contributed by atoms with Crippen molar-refractivity contribution in [1.29, 1.82) is 0 Å². The first-order chi connectivity index (χ1) is 12.5. The largest absolute Gasteiger partial charge is 0.490 e. The molecule has 0 aliphatic rings. The fourth-order valence-corrected chi connectivity index (χ4v) is 2.46. The van der Waals surface area contributed by atoms with Crippen LogP contribution in [0.3, 0.4) is 0 Å². The number of ether oxygens (including phenoxy) is 2. The van der Waals surface area contributed by atoms with Gasteiger partial charge in [-0.3, -0.25) is 0 Å². The van der Waals surface area contributed by atoms with Crippen LogP contribution in [0.25, 0.3) is 0 Å². The van der Waals surface area contributed by atoms with Crippen LogP contribution in [0.5, 0.6) is 11.5 Å². The highest BCUT2D eigenvalue weighted by molar-refractivity contribution is 6.32. The van der Waals surface area contributed by atoms with Crippen molar-refractivity contribution < 1.29 is 19.4 Å². The van der Waals surface area contributed by atoms with Gasteiger partial charge in [0, 0.05) is 5.02 Å². The second-order valence-electron chi connectivity index (χ2n) is 5.16. The number of benzene rings is 2. The number of hydrazone groups is 1. The molecule has 0 amide bonds. The van der Waals surface area contributed by atoms with Crippen LogP contribution in [0.1, 0.15) is 18.1 Å². The minimum atomic E-state index is -1.10. The van der Waals surface area contributed by atoms with Crippen LogP contribution < -0.4 is 14.9 Å². The van der Waals surface area contributed by atoms with E-state index in [4.69, 9.17) is 37.8 Å². The van der Waals surface area contributed by atoms with Gasteiger partial charge in [-0.05, 0) is 42.3 Å². The van der Waals surface area contributed by atoms with E-state index in [9.17, 15) is 4.79 Å². The van der Waals surface area contributed by atoms with Gasteiger partial charge in [-0.2, -0.15) is 5.10 Å². The topological polar surface area (TPSA) is 80.1 Å². The maximum atomic E-state index is 10.7. The molecule has 2 aromatic rings. The summed E-state index contributed by atoms with van der Waals surface area (Å²) in [7, 11) is 0. The molecule has 0 heterocycles. The first kappa shape index (κ1) is 19.9. The zero-order chi connectivity index (χ0) is 18.9. The number of hydrogen-bond acceptors (Lipinski definition) is 5. The van der Waals surface area contributed by atoms with E-state index in [1.807, 2.05) is 31.2 Å². The Bertz CT molecular complexity index is 780. The van der Waals surface area contributed by atoms with E-state index in [1.165, 1.54) is 0 Å². The molecule has 0 saturated heterocycles. The molecule has 0 atom stereocenters. The summed E-state index contributed by atoms with van der Waals surface area (Å²) in [6.07, 6.45) is 1.59. The Balaban J connectivity index is 2.05. The van der Waals surface area contributed by atoms with Crippen molar-refractivity contribution in [1.82, 2.24) is 5.43 Å². The average molecular weight is 397 g/mol. The number of nitrogens with one attached hydrogen (secondary N) is 1. The van der Waals surface area contributed by atoms with E-state index in [-0.39, 0.29) is 10.8 Å². The van der Waals surface area contributed by atoms with Crippen LogP contribution in [-0.2, 0) is 11.3 Å². The van der Waals surface area contributed by atoms with Crippen molar-refractivity contribution in [3.05, 3.63) is 57.6 Å². The van der Waals surface area contributed by atoms with Crippen molar-refractivity contribution in [2.45, 2.75) is 13.5 Å². The third kappa shape index (κ3) is 6.13. The highest BCUT2D eigenvalue weighted by Crippen LogP contribution is 2.36. The molecule has 2 aromatic carbocycles. The standard InChI is InChI=1S/C18H18Cl2N2O4/c1-2-25-16-8-13(7-15(20)18(16)26-11-17(23)24)10-22-21-9-12-3-5-14(19)6-4-12/h3-8,10,21H,2,9,11H2,1H3,(H,23,24)/b22-10-. The minimum absolute atomic E-state index is 0.196. The molecule has 2 N–H and O–H groups in total. The summed E-state index contributed by atoms with van der Waals surface area (Å²) in [5.41, 5.74) is 4.65. The van der Waals surface area contributed by atoms with Gasteiger partial charge >= 0.3 is 5.97 Å². The zero-order valence-electron chi connectivity index (χ0n) is 14.0. The van der Waals surface area contributed by atoms with Gasteiger partial charge in [0.25, 0.3) is 0 Å². The van der Waals surface area contributed by atoms with Crippen LogP contribution in [0.15, 0.2) is 41.5 Å². The fourth-order valence-electron chi connectivity index (χ4n) is 2.06. The normalized spacial score (nSPS) is 10.7. The van der Waals surface area contributed by atoms with Crippen molar-refractivity contribution >= 4 is 35.4 Å². The van der Waals surface area contributed by atoms with Gasteiger partial charge in [-0.25, -0.2) is 4.79 Å². The number of rotatable bonds is 9. The predicted molar refractivity (Wildman–Crippen MR) is 102 cm³/mol. The Morgan fingerprint density at radius 1 is 1.23 bits per heavy atom. The van der Waals surface area contributed by atoms with Crippen LogP contribution in [-0.4, -0.2) is 30.5 Å². The van der Waals surface area contributed by atoms with E-state index in [0.717, 1.165) is 5.56 Å². The van der Waals surface area contributed by atoms with Gasteiger partial charge in [-0.1, -0.05) is 35.3 Å². The zero-order valence-corrected chi connectivity index (χ0v) is 15.5. The molecular formula is C18H18Cl2N2O4. The third-order valence-corrected chi connectivity index (χ3v) is 3.71. The number of carboxylic acids is 1. The Morgan fingerprint density at radius 3 is 2.62 bits per heavy atom. The lowest BCUT2D eigenvalue weighted by atomic mass is 10.2. The maximum Gasteiger partial charge on any atom is 0.341 e. The first-order valence-electron chi connectivity index (χ1n) is 7.81. The summed E-state index contributed by atoms with van der Waals surface area (Å²) in [5, 5.41) is 13.8. The summed E-state index contributed by atoms with van der Waals surface area (Å²) in [6, 6.07) is 10.7. The summed E-state index contributed by atoms with van der Waals surface area (Å²) in [6.45, 7) is 2.23. The van der Waals surface area contributed by atoms with Gasteiger partial charge in [0.15, 0.2) is 18.1 Å². The molecule has 2 rings (SSSR count). The van der Waals surface area contributed by atoms with Gasteiger partial charge < -0.3 is 20.0 Å². The molecule has 0 radical (unpaired) electrons. The summed E-state index contributed by atoms with van der Waals surface area (Å²) in [5.74, 6) is -0.539. The van der Waals surface area contributed by atoms with Gasteiger partial charge in [-0.15, -0.1) is 0 Å². The summed E-state index contributed by atoms with van der Waals surface area (Å²) in [4.78, 5) is 10.7. The quantitative estimate of drug-likeness (QED) is 0.494. The van der Waals surface area contributed by atoms with E-state index in [0.29, 0.717) is 29.5 Å². The van der Waals surface area contributed by atoms with Crippen LogP contribution in [0, 0.1) is 0 Å². The Labute approximate surface area is 161 Å². The minimum Gasteiger partial charge on any atom is -0.490 e. The maximum absolute atomic E-state index is 10.7. The van der Waals surface area contributed by atoms with E-state index in [2.05, 4.69) is 10.5 Å². The number of hydrogen-bond donors (Lipinski definition) is 2. The van der Waals surface area contributed by atoms with E-state index < -0.39 is 12.6 Å². The predicted octanol–water partition coefficient (Wildman–Crippen LogP) is 3.98. The number of carbonyl (C=O) groups is 1. The van der Waals surface area contributed by atoms with Crippen molar-refractivity contribution in [3.63, 3.8) is 0 Å². The second-order valence-corrected chi connectivity index (χ2v) is 6.01. The molecule has 6 nitrogen and oxygen atoms in total. The monoisotopic (exact) mass is 396 g/mol. The molecule has 138 valence electrons. The second kappa shape index (κ2) is 9.89. The number of carboxylic acid groups (broad SMARTS) is 1. The van der Waals surface area contributed by atoms with Crippen molar-refractivity contribution in [3.8, 4) is 11.5 Å². The number of nitrogens with zero attached hydrogens (tertiary/aromatic N) is 1. The molecular weight excluding hydrogens is 379 g/mol. The molecule has 0 spiro atoms. The first-order valence-corrected chi connectivity index (χ1v) is 8.56. The molecule has 0 saturated carbocycles. The van der Waals surface area contributed by atoms with Crippen LogP contribution >= 0.6 is 23.2 Å². The number of halogens is 2. The molecule has 0 aromatic heterocycles. The lowest BCUT2D eigenvalue weighted by molar-refractivity contribution is -0.139. The molecule has 8 heteroatoms. The van der Waals surface area contributed by atoms with Crippen LogP contribution in [0.2, 0.25) is 10.0 Å². The number of aliphatic carboxylic acids is 1. The third-order valence-electron chi connectivity index (χ3n) is 3.17. The van der Waals surface area contributed by atoms with E-state index >= 15 is 0 Å². The Hall–Kier alpha value is -2.44. The van der Waals surface area contributed by atoms with Gasteiger partial charge in [0.1, 0.15) is 0 Å². The van der Waals surface area contributed by atoms with E-state index in [1.54, 1.807) is 18.3 Å². The summed E-state index contributed by atoms with van der Waals surface area (Å²) >= 11 is 12.0. The van der Waals surface area contributed by atoms with Gasteiger partial charge in [0.05, 0.1) is 24.4 Å². The Kier molecular flexibility index (Phi) is 7.56. The highest BCUT2D eigenvalue weighted by atomic mass is 35.5. The lowest BCUT2D eigenvalue weighted by Gasteiger charge is -2.13. The van der Waals surface area contributed by atoms with Crippen molar-refractivity contribution in [2.75, 3.05) is 13.2 Å².